The summed E-state index contributed by atoms with van der Waals surface area (Å²) in [5, 5.41) is 0. The van der Waals surface area contributed by atoms with Crippen molar-refractivity contribution in [1.82, 2.24) is 4.98 Å². The minimum Gasteiger partial charge on any atom is -0.384 e. The topological polar surface area (TPSA) is 38.9 Å². The average molecular weight is 248 g/mol. The smallest absolute Gasteiger partial charge is 0.384 e. The van der Waals surface area contributed by atoms with Gasteiger partial charge in [0, 0.05) is 0 Å². The van der Waals surface area contributed by atoms with E-state index in [9.17, 15) is 13.2 Å². The molecule has 0 fully saturated rings. The molecule has 0 aromatic carbocycles. The molecule has 2 N–H and O–H groups in total. The number of pyridine rings is 1. The molecule has 1 aromatic heterocycles. The molecule has 0 atom stereocenters. The van der Waals surface area contributed by atoms with Gasteiger partial charge in [0.15, 0.2) is 0 Å². The molecule has 1 heterocycles. The van der Waals surface area contributed by atoms with Crippen LogP contribution in [0.3, 0.4) is 0 Å². The molecular formula is C12H19F3N2. The number of nitrogens with two attached hydrogens (primary N) is 1. The van der Waals surface area contributed by atoms with Crippen molar-refractivity contribution in [3.63, 3.8) is 0 Å². The molecule has 0 saturated carbocycles. The number of anilines is 1. The molecule has 1 aromatic rings. The van der Waals surface area contributed by atoms with E-state index in [4.69, 9.17) is 5.73 Å². The molecule has 0 bridgehead atoms. The largest absolute Gasteiger partial charge is 0.418 e. The Balaban J connectivity index is 0.00000121. The Morgan fingerprint density at radius 1 is 1.24 bits per heavy atom. The molecule has 98 valence electrons. The van der Waals surface area contributed by atoms with Crippen molar-refractivity contribution in [2.45, 2.75) is 46.7 Å². The Morgan fingerprint density at radius 2 is 1.71 bits per heavy atom. The Bertz CT molecular complexity index is 371. The Labute approximate surface area is 100 Å². The van der Waals surface area contributed by atoms with Gasteiger partial charge in [0.2, 0.25) is 0 Å². The summed E-state index contributed by atoms with van der Waals surface area (Å²) < 4.78 is 38.2. The zero-order valence-electron chi connectivity index (χ0n) is 10.8. The monoisotopic (exact) mass is 248 g/mol. The van der Waals surface area contributed by atoms with Crippen LogP contribution in [0.1, 0.15) is 50.4 Å². The highest BCUT2D eigenvalue weighted by atomic mass is 19.4. The molecule has 0 radical (unpaired) electrons. The predicted molar refractivity (Wildman–Crippen MR) is 63.8 cm³/mol. The molecule has 0 aliphatic carbocycles. The van der Waals surface area contributed by atoms with E-state index < -0.39 is 11.7 Å². The standard InChI is InChI=1S/C10H13F3N2.C2H6/c1-5(2)7-4-8(14)15-6(3)9(7)10(11,12)13;1-2/h4-5H,1-3H3,(H2,14,15);1-2H3. The number of nitrogen functional groups attached to an aromatic ring is 1. The third-order valence-corrected chi connectivity index (χ3v) is 2.16. The predicted octanol–water partition coefficient (Wildman–Crippen LogP) is 4.14. The molecule has 0 aliphatic heterocycles. The van der Waals surface area contributed by atoms with Crippen molar-refractivity contribution in [3.8, 4) is 0 Å². The van der Waals surface area contributed by atoms with Crippen molar-refractivity contribution >= 4 is 5.82 Å². The van der Waals surface area contributed by atoms with Gasteiger partial charge in [-0.1, -0.05) is 27.7 Å². The highest BCUT2D eigenvalue weighted by Crippen LogP contribution is 2.37. The van der Waals surface area contributed by atoms with Crippen LogP contribution in [0.2, 0.25) is 0 Å². The van der Waals surface area contributed by atoms with Gasteiger partial charge in [-0.05, 0) is 24.5 Å². The van der Waals surface area contributed by atoms with Crippen molar-refractivity contribution in [1.29, 1.82) is 0 Å². The Kier molecular flexibility index (Phi) is 5.45. The average Bonchev–Trinajstić information content (AvgIpc) is 2.17. The van der Waals surface area contributed by atoms with Crippen LogP contribution in [0.15, 0.2) is 6.07 Å². The molecular weight excluding hydrogens is 229 g/mol. The molecule has 17 heavy (non-hydrogen) atoms. The van der Waals surface area contributed by atoms with Gasteiger partial charge >= 0.3 is 6.18 Å². The second kappa shape index (κ2) is 5.89. The van der Waals surface area contributed by atoms with Crippen LogP contribution < -0.4 is 5.73 Å². The van der Waals surface area contributed by atoms with Gasteiger partial charge in [0.25, 0.3) is 0 Å². The normalized spacial score (nSPS) is 11.1. The van der Waals surface area contributed by atoms with E-state index in [1.807, 2.05) is 13.8 Å². The van der Waals surface area contributed by atoms with Crippen molar-refractivity contribution in [2.75, 3.05) is 5.73 Å². The van der Waals surface area contributed by atoms with E-state index in [0.29, 0.717) is 0 Å². The summed E-state index contributed by atoms with van der Waals surface area (Å²) in [7, 11) is 0. The lowest BCUT2D eigenvalue weighted by Gasteiger charge is -2.17. The van der Waals surface area contributed by atoms with E-state index in [1.54, 1.807) is 13.8 Å². The van der Waals surface area contributed by atoms with Crippen molar-refractivity contribution in [3.05, 3.63) is 22.9 Å². The highest BCUT2D eigenvalue weighted by Gasteiger charge is 2.36. The summed E-state index contributed by atoms with van der Waals surface area (Å²) in [4.78, 5) is 3.64. The molecule has 0 aliphatic rings. The highest BCUT2D eigenvalue weighted by molar-refractivity contribution is 5.43. The quantitative estimate of drug-likeness (QED) is 0.811. The van der Waals surface area contributed by atoms with Gasteiger partial charge in [0.05, 0.1) is 11.3 Å². The van der Waals surface area contributed by atoms with Gasteiger partial charge in [0.1, 0.15) is 5.82 Å². The van der Waals surface area contributed by atoms with Crippen LogP contribution in [0.25, 0.3) is 0 Å². The van der Waals surface area contributed by atoms with Crippen LogP contribution in [-0.4, -0.2) is 4.98 Å². The molecule has 5 heteroatoms. The fraction of sp³-hybridized carbons (Fsp3) is 0.583. The van der Waals surface area contributed by atoms with Gasteiger partial charge in [-0.15, -0.1) is 0 Å². The molecule has 0 amide bonds. The zero-order valence-corrected chi connectivity index (χ0v) is 10.8. The number of halogens is 3. The van der Waals surface area contributed by atoms with Crippen LogP contribution >= 0.6 is 0 Å². The summed E-state index contributed by atoms with van der Waals surface area (Å²) in [6.07, 6.45) is -4.37. The van der Waals surface area contributed by atoms with Crippen molar-refractivity contribution < 1.29 is 13.2 Å². The van der Waals surface area contributed by atoms with Gasteiger partial charge in [-0.25, -0.2) is 4.98 Å². The van der Waals surface area contributed by atoms with Crippen LogP contribution in [0.4, 0.5) is 19.0 Å². The Morgan fingerprint density at radius 3 is 2.06 bits per heavy atom. The summed E-state index contributed by atoms with van der Waals surface area (Å²) in [6, 6.07) is 1.29. The van der Waals surface area contributed by atoms with E-state index in [2.05, 4.69) is 4.98 Å². The number of aryl methyl sites for hydroxylation is 1. The van der Waals surface area contributed by atoms with Crippen LogP contribution in [0.5, 0.6) is 0 Å². The van der Waals surface area contributed by atoms with Crippen molar-refractivity contribution in [2.24, 2.45) is 0 Å². The summed E-state index contributed by atoms with van der Waals surface area (Å²) in [5.74, 6) is -0.102. The first-order valence-corrected chi connectivity index (χ1v) is 5.57. The lowest BCUT2D eigenvalue weighted by Crippen LogP contribution is -2.14. The van der Waals surface area contributed by atoms with Gasteiger partial charge < -0.3 is 5.73 Å². The number of hydrogen-bond acceptors (Lipinski definition) is 2. The van der Waals surface area contributed by atoms with E-state index in [-0.39, 0.29) is 23.0 Å². The van der Waals surface area contributed by atoms with Crippen LogP contribution in [0, 0.1) is 6.92 Å². The number of alkyl halides is 3. The summed E-state index contributed by atoms with van der Waals surface area (Å²) in [5.41, 5.74) is 4.91. The maximum Gasteiger partial charge on any atom is 0.418 e. The minimum atomic E-state index is -4.37. The summed E-state index contributed by atoms with van der Waals surface area (Å²) in [6.45, 7) is 8.72. The lowest BCUT2D eigenvalue weighted by molar-refractivity contribution is -0.139. The minimum absolute atomic E-state index is 0.0637. The maximum absolute atomic E-state index is 12.7. The number of rotatable bonds is 1. The second-order valence-corrected chi connectivity index (χ2v) is 3.75. The SMILES string of the molecule is CC.Cc1nc(N)cc(C(C)C)c1C(F)(F)F. The maximum atomic E-state index is 12.7. The fourth-order valence-electron chi connectivity index (χ4n) is 1.55. The second-order valence-electron chi connectivity index (χ2n) is 3.75. The third kappa shape index (κ3) is 3.91. The lowest BCUT2D eigenvalue weighted by atomic mass is 9.96. The third-order valence-electron chi connectivity index (χ3n) is 2.16. The number of nitrogens with zero attached hydrogens (tertiary/aromatic N) is 1. The first-order valence-electron chi connectivity index (χ1n) is 5.57. The Hall–Kier alpha value is -1.26. The van der Waals surface area contributed by atoms with E-state index >= 15 is 0 Å². The summed E-state index contributed by atoms with van der Waals surface area (Å²) >= 11 is 0. The van der Waals surface area contributed by atoms with Gasteiger partial charge in [-0.2, -0.15) is 13.2 Å². The first-order chi connectivity index (χ1) is 7.73. The molecule has 2 nitrogen and oxygen atoms in total. The van der Waals surface area contributed by atoms with Crippen LogP contribution in [-0.2, 0) is 6.18 Å². The number of aromatic nitrogens is 1. The first kappa shape index (κ1) is 15.7. The fourth-order valence-corrected chi connectivity index (χ4v) is 1.55. The van der Waals surface area contributed by atoms with E-state index in [0.717, 1.165) is 0 Å². The molecule has 0 saturated heterocycles. The number of hydrogen-bond donors (Lipinski definition) is 1. The molecule has 0 spiro atoms. The molecule has 1 rings (SSSR count). The zero-order chi connectivity index (χ0) is 13.8. The van der Waals surface area contributed by atoms with Gasteiger partial charge in [-0.3, -0.25) is 0 Å². The molecule has 0 unspecified atom stereocenters. The van der Waals surface area contributed by atoms with E-state index in [1.165, 1.54) is 13.0 Å².